The van der Waals surface area contributed by atoms with Gasteiger partial charge in [0.1, 0.15) is 16.4 Å². The number of hydrogen-bond donors (Lipinski definition) is 2. The second-order valence-electron chi connectivity index (χ2n) is 5.80. The lowest BCUT2D eigenvalue weighted by Gasteiger charge is -2.08. The van der Waals surface area contributed by atoms with Crippen LogP contribution < -0.4 is 11.1 Å². The number of methoxy groups -OCH3 is 1. The smallest absolute Gasteiger partial charge is 0.177 e. The van der Waals surface area contributed by atoms with Crippen molar-refractivity contribution in [2.45, 2.75) is 25.9 Å². The van der Waals surface area contributed by atoms with E-state index in [-0.39, 0.29) is 6.04 Å². The normalized spacial score (nSPS) is 12.0. The standard InChI is InChI=1S/C19H20ClN3O2S/c1-3-5-14-16(8-12(21)11-24-2)25-19-15(9-17(20)23-18(14)19)22-10-13-6-4-7-26-13/h4,6-7,9,12H,8,10-11,21H2,1-2H3,(H,22,23)/t12-/m1/s1. The van der Waals surface area contributed by atoms with Gasteiger partial charge in [-0.3, -0.25) is 0 Å². The second-order valence-corrected chi connectivity index (χ2v) is 7.22. The largest absolute Gasteiger partial charge is 0.456 e. The number of aromatic nitrogens is 1. The third-order valence-corrected chi connectivity index (χ3v) is 4.86. The molecule has 0 aromatic carbocycles. The first-order valence-electron chi connectivity index (χ1n) is 8.17. The van der Waals surface area contributed by atoms with Crippen molar-refractivity contribution in [3.8, 4) is 11.8 Å². The van der Waals surface area contributed by atoms with Crippen LogP contribution in [0.1, 0.15) is 23.1 Å². The van der Waals surface area contributed by atoms with Gasteiger partial charge in [-0.25, -0.2) is 4.98 Å². The van der Waals surface area contributed by atoms with Crippen molar-refractivity contribution >= 4 is 39.7 Å². The van der Waals surface area contributed by atoms with Crippen molar-refractivity contribution in [3.05, 3.63) is 44.9 Å². The lowest BCUT2D eigenvalue weighted by Crippen LogP contribution is -2.28. The highest BCUT2D eigenvalue weighted by atomic mass is 35.5. The number of furan rings is 1. The van der Waals surface area contributed by atoms with Gasteiger partial charge in [0.25, 0.3) is 0 Å². The molecular weight excluding hydrogens is 370 g/mol. The number of fused-ring (bicyclic) bond motifs is 1. The molecule has 3 heterocycles. The molecule has 3 rings (SSSR count). The highest BCUT2D eigenvalue weighted by Crippen LogP contribution is 2.33. The van der Waals surface area contributed by atoms with Gasteiger partial charge in [0.15, 0.2) is 5.58 Å². The van der Waals surface area contributed by atoms with E-state index in [1.54, 1.807) is 31.4 Å². The van der Waals surface area contributed by atoms with Gasteiger partial charge in [-0.05, 0) is 18.4 Å². The third-order valence-electron chi connectivity index (χ3n) is 3.79. The van der Waals surface area contributed by atoms with Crippen LogP contribution in [0.2, 0.25) is 5.15 Å². The molecule has 3 N–H and O–H groups in total. The van der Waals surface area contributed by atoms with Crippen LogP contribution >= 0.6 is 22.9 Å². The predicted molar refractivity (Wildman–Crippen MR) is 107 cm³/mol. The van der Waals surface area contributed by atoms with Crippen LogP contribution in [0.4, 0.5) is 5.69 Å². The highest BCUT2D eigenvalue weighted by molar-refractivity contribution is 7.09. The molecule has 3 aromatic rings. The van der Waals surface area contributed by atoms with E-state index in [9.17, 15) is 0 Å². The first-order valence-corrected chi connectivity index (χ1v) is 9.43. The molecule has 0 aliphatic heterocycles. The molecule has 0 aliphatic rings. The second kappa shape index (κ2) is 8.56. The van der Waals surface area contributed by atoms with Crippen LogP contribution in [-0.4, -0.2) is 24.7 Å². The van der Waals surface area contributed by atoms with E-state index < -0.39 is 0 Å². The fraction of sp³-hybridized carbons (Fsp3) is 0.316. The van der Waals surface area contributed by atoms with Gasteiger partial charge in [0.05, 0.1) is 17.9 Å². The van der Waals surface area contributed by atoms with Gasteiger partial charge < -0.3 is 20.2 Å². The van der Waals surface area contributed by atoms with Crippen LogP contribution in [0.15, 0.2) is 28.0 Å². The summed E-state index contributed by atoms with van der Waals surface area (Å²) in [6.45, 7) is 2.90. The molecule has 26 heavy (non-hydrogen) atoms. The number of anilines is 1. The summed E-state index contributed by atoms with van der Waals surface area (Å²) < 4.78 is 11.2. The number of pyridine rings is 1. The zero-order valence-electron chi connectivity index (χ0n) is 14.6. The lowest BCUT2D eigenvalue weighted by atomic mass is 10.1. The minimum Gasteiger partial charge on any atom is -0.456 e. The summed E-state index contributed by atoms with van der Waals surface area (Å²) in [5.41, 5.74) is 8.92. The minimum absolute atomic E-state index is 0.184. The Labute approximate surface area is 161 Å². The molecule has 0 saturated carbocycles. The third kappa shape index (κ3) is 4.19. The number of nitrogens with zero attached hydrogens (tertiary/aromatic N) is 1. The number of thiophene rings is 1. The molecule has 0 bridgehead atoms. The Morgan fingerprint density at radius 2 is 2.35 bits per heavy atom. The number of hydrogen-bond acceptors (Lipinski definition) is 6. The molecule has 5 nitrogen and oxygen atoms in total. The van der Waals surface area contributed by atoms with E-state index >= 15 is 0 Å². The van der Waals surface area contributed by atoms with Gasteiger partial charge in [0, 0.05) is 37.1 Å². The number of rotatable bonds is 7. The van der Waals surface area contributed by atoms with E-state index in [1.807, 2.05) is 11.4 Å². The van der Waals surface area contributed by atoms with E-state index in [0.717, 1.165) is 11.3 Å². The summed E-state index contributed by atoms with van der Waals surface area (Å²) in [6, 6.07) is 5.68. The maximum Gasteiger partial charge on any atom is 0.177 e. The number of ether oxygens (including phenoxy) is 1. The first kappa shape index (κ1) is 18.7. The Kier molecular flexibility index (Phi) is 6.17. The molecule has 3 aromatic heterocycles. The SMILES string of the molecule is CC#Cc1c(C[C@@H](N)COC)oc2c(NCc3cccs3)cc(Cl)nc12. The van der Waals surface area contributed by atoms with Crippen molar-refractivity contribution in [1.29, 1.82) is 0 Å². The van der Waals surface area contributed by atoms with Gasteiger partial charge in [-0.15, -0.1) is 17.3 Å². The van der Waals surface area contributed by atoms with Crippen molar-refractivity contribution in [2.24, 2.45) is 5.73 Å². The summed E-state index contributed by atoms with van der Waals surface area (Å²) in [4.78, 5) is 5.65. The maximum absolute atomic E-state index is 6.24. The highest BCUT2D eigenvalue weighted by Gasteiger charge is 2.20. The Bertz CT molecular complexity index is 941. The zero-order chi connectivity index (χ0) is 18.5. The molecule has 0 aliphatic carbocycles. The molecule has 0 radical (unpaired) electrons. The average molecular weight is 390 g/mol. The Morgan fingerprint density at radius 1 is 1.50 bits per heavy atom. The molecule has 1 atom stereocenters. The van der Waals surface area contributed by atoms with Gasteiger partial charge in [0.2, 0.25) is 0 Å². The van der Waals surface area contributed by atoms with Crippen LogP contribution in [-0.2, 0) is 17.7 Å². The average Bonchev–Trinajstić information content (AvgIpc) is 3.23. The van der Waals surface area contributed by atoms with E-state index in [1.165, 1.54) is 4.88 Å². The summed E-state index contributed by atoms with van der Waals surface area (Å²) in [7, 11) is 1.62. The molecule has 0 spiro atoms. The molecule has 0 fully saturated rings. The summed E-state index contributed by atoms with van der Waals surface area (Å²) in [5, 5.41) is 5.81. The van der Waals surface area contributed by atoms with Crippen LogP contribution in [0.25, 0.3) is 11.1 Å². The first-order chi connectivity index (χ1) is 12.6. The molecule has 0 saturated heterocycles. The zero-order valence-corrected chi connectivity index (χ0v) is 16.2. The predicted octanol–water partition coefficient (Wildman–Crippen LogP) is 4.04. The Balaban J connectivity index is 2.01. The number of halogens is 1. The van der Waals surface area contributed by atoms with E-state index in [4.69, 9.17) is 26.5 Å². The lowest BCUT2D eigenvalue weighted by molar-refractivity contribution is 0.178. The van der Waals surface area contributed by atoms with Crippen molar-refractivity contribution in [2.75, 3.05) is 19.0 Å². The molecule has 0 unspecified atom stereocenters. The van der Waals surface area contributed by atoms with Crippen molar-refractivity contribution < 1.29 is 9.15 Å². The van der Waals surface area contributed by atoms with Gasteiger partial charge >= 0.3 is 0 Å². The Morgan fingerprint density at radius 3 is 3.04 bits per heavy atom. The monoisotopic (exact) mass is 389 g/mol. The van der Waals surface area contributed by atoms with Crippen LogP contribution in [0.3, 0.4) is 0 Å². The quantitative estimate of drug-likeness (QED) is 0.471. The summed E-state index contributed by atoms with van der Waals surface area (Å²) in [5.74, 6) is 6.70. The minimum atomic E-state index is -0.184. The topological polar surface area (TPSA) is 73.3 Å². The number of nitrogens with two attached hydrogens (primary N) is 1. The van der Waals surface area contributed by atoms with Gasteiger partial charge in [-0.2, -0.15) is 0 Å². The molecule has 136 valence electrons. The van der Waals surface area contributed by atoms with Gasteiger partial charge in [-0.1, -0.05) is 23.6 Å². The van der Waals surface area contributed by atoms with E-state index in [0.29, 0.717) is 41.6 Å². The summed E-state index contributed by atoms with van der Waals surface area (Å²) >= 11 is 7.93. The molecular formula is C19H20ClN3O2S. The fourth-order valence-electron chi connectivity index (χ4n) is 2.72. The van der Waals surface area contributed by atoms with Crippen LogP contribution in [0.5, 0.6) is 0 Å². The molecule has 0 amide bonds. The number of nitrogens with one attached hydrogen (secondary N) is 1. The van der Waals surface area contributed by atoms with Crippen molar-refractivity contribution in [1.82, 2.24) is 4.98 Å². The fourth-order valence-corrected chi connectivity index (χ4v) is 3.55. The Hall–Kier alpha value is -2.04. The van der Waals surface area contributed by atoms with Crippen LogP contribution in [0, 0.1) is 11.8 Å². The summed E-state index contributed by atoms with van der Waals surface area (Å²) in [6.07, 6.45) is 0.510. The molecule has 7 heteroatoms. The van der Waals surface area contributed by atoms with E-state index in [2.05, 4.69) is 28.2 Å². The maximum atomic E-state index is 6.24. The van der Waals surface area contributed by atoms with Crippen molar-refractivity contribution in [3.63, 3.8) is 0 Å².